The molecule has 0 aromatic carbocycles. The van der Waals surface area contributed by atoms with Crippen molar-refractivity contribution in [2.75, 3.05) is 0 Å². The quantitative estimate of drug-likeness (QED) is 0.766. The Morgan fingerprint density at radius 1 is 1.26 bits per heavy atom. The minimum absolute atomic E-state index is 0.195. The van der Waals surface area contributed by atoms with E-state index in [1.165, 1.54) is 32.1 Å². The Balaban J connectivity index is 2.37. The fraction of sp³-hybridized carbons (Fsp3) is 0.938. The van der Waals surface area contributed by atoms with Gasteiger partial charge >= 0.3 is 6.09 Å². The lowest BCUT2D eigenvalue weighted by atomic mass is 9.85. The van der Waals surface area contributed by atoms with Crippen LogP contribution in [0.15, 0.2) is 0 Å². The molecular formula is C16H31NO2. The Labute approximate surface area is 118 Å². The molecule has 0 heterocycles. The van der Waals surface area contributed by atoms with Crippen molar-refractivity contribution in [3.8, 4) is 0 Å². The van der Waals surface area contributed by atoms with E-state index < -0.39 is 5.60 Å². The lowest BCUT2D eigenvalue weighted by Crippen LogP contribution is -2.39. The number of hydrogen-bond donors (Lipinski definition) is 1. The van der Waals surface area contributed by atoms with Gasteiger partial charge in [0.15, 0.2) is 0 Å². The smallest absolute Gasteiger partial charge is 0.407 e. The fourth-order valence-electron chi connectivity index (χ4n) is 2.94. The van der Waals surface area contributed by atoms with E-state index in [4.69, 9.17) is 4.74 Å². The Morgan fingerprint density at radius 2 is 1.89 bits per heavy atom. The molecule has 112 valence electrons. The first-order chi connectivity index (χ1) is 8.78. The molecular weight excluding hydrogens is 238 g/mol. The zero-order valence-electron chi connectivity index (χ0n) is 13.3. The van der Waals surface area contributed by atoms with Crippen LogP contribution in [0.3, 0.4) is 0 Å². The van der Waals surface area contributed by atoms with Crippen LogP contribution in [0, 0.1) is 11.8 Å². The molecule has 0 spiro atoms. The third kappa shape index (κ3) is 6.84. The summed E-state index contributed by atoms with van der Waals surface area (Å²) in [5.41, 5.74) is -0.417. The van der Waals surface area contributed by atoms with E-state index in [2.05, 4.69) is 19.2 Å². The molecule has 3 unspecified atom stereocenters. The van der Waals surface area contributed by atoms with Gasteiger partial charge in [-0.25, -0.2) is 4.79 Å². The van der Waals surface area contributed by atoms with Crippen LogP contribution >= 0.6 is 0 Å². The zero-order valence-corrected chi connectivity index (χ0v) is 13.3. The second-order valence-electron chi connectivity index (χ2n) is 7.16. The van der Waals surface area contributed by atoms with Crippen LogP contribution in [0.2, 0.25) is 0 Å². The number of amides is 1. The number of ether oxygens (including phenoxy) is 1. The molecule has 1 amide bonds. The first-order valence-corrected chi connectivity index (χ1v) is 7.77. The Hall–Kier alpha value is -0.730. The fourth-order valence-corrected chi connectivity index (χ4v) is 2.94. The van der Waals surface area contributed by atoms with Gasteiger partial charge in [0.2, 0.25) is 0 Å². The molecule has 0 aromatic rings. The summed E-state index contributed by atoms with van der Waals surface area (Å²) in [7, 11) is 0. The highest BCUT2D eigenvalue weighted by molar-refractivity contribution is 5.67. The molecule has 0 bridgehead atoms. The summed E-state index contributed by atoms with van der Waals surface area (Å²) >= 11 is 0. The van der Waals surface area contributed by atoms with Gasteiger partial charge in [0.05, 0.1) is 0 Å². The minimum Gasteiger partial charge on any atom is -0.444 e. The first-order valence-electron chi connectivity index (χ1n) is 7.77. The molecule has 1 aliphatic rings. The molecule has 1 fully saturated rings. The number of nitrogens with one attached hydrogen (secondary N) is 1. The number of carbonyl (C=O) groups excluding carboxylic acids is 1. The van der Waals surface area contributed by atoms with Gasteiger partial charge in [-0.2, -0.15) is 0 Å². The van der Waals surface area contributed by atoms with E-state index in [1.807, 2.05) is 20.8 Å². The van der Waals surface area contributed by atoms with E-state index in [0.29, 0.717) is 0 Å². The highest BCUT2D eigenvalue weighted by Crippen LogP contribution is 2.31. The zero-order chi connectivity index (χ0) is 14.5. The maximum Gasteiger partial charge on any atom is 0.407 e. The molecule has 0 aromatic heterocycles. The van der Waals surface area contributed by atoms with Crippen LogP contribution in [0.5, 0.6) is 0 Å². The second-order valence-corrected chi connectivity index (χ2v) is 7.16. The van der Waals surface area contributed by atoms with Crippen molar-refractivity contribution >= 4 is 6.09 Å². The third-order valence-electron chi connectivity index (χ3n) is 3.96. The molecule has 0 aliphatic heterocycles. The second kappa shape index (κ2) is 7.16. The number of hydrogen-bond acceptors (Lipinski definition) is 2. The lowest BCUT2D eigenvalue weighted by molar-refractivity contribution is 0.0499. The number of alkyl carbamates (subject to hydrolysis) is 1. The van der Waals surface area contributed by atoms with Crippen molar-refractivity contribution in [2.24, 2.45) is 11.8 Å². The van der Waals surface area contributed by atoms with E-state index in [-0.39, 0.29) is 12.1 Å². The Kier molecular flexibility index (Phi) is 6.15. The Morgan fingerprint density at radius 3 is 2.53 bits per heavy atom. The molecule has 3 nitrogen and oxygen atoms in total. The van der Waals surface area contributed by atoms with E-state index in [0.717, 1.165) is 18.3 Å². The number of carbonyl (C=O) groups is 1. The topological polar surface area (TPSA) is 38.3 Å². The average molecular weight is 269 g/mol. The van der Waals surface area contributed by atoms with Crippen LogP contribution < -0.4 is 5.32 Å². The molecule has 3 atom stereocenters. The first kappa shape index (κ1) is 16.3. The third-order valence-corrected chi connectivity index (χ3v) is 3.96. The Bertz CT molecular complexity index is 283. The van der Waals surface area contributed by atoms with Gasteiger partial charge in [-0.15, -0.1) is 0 Å². The van der Waals surface area contributed by atoms with Crippen molar-refractivity contribution in [3.63, 3.8) is 0 Å². The summed E-state index contributed by atoms with van der Waals surface area (Å²) in [4.78, 5) is 11.7. The van der Waals surface area contributed by atoms with Crippen molar-refractivity contribution in [1.29, 1.82) is 0 Å². The summed E-state index contributed by atoms with van der Waals surface area (Å²) in [6.45, 7) is 10.1. The van der Waals surface area contributed by atoms with Gasteiger partial charge in [-0.3, -0.25) is 0 Å². The van der Waals surface area contributed by atoms with E-state index in [9.17, 15) is 4.79 Å². The van der Waals surface area contributed by atoms with Crippen LogP contribution in [0.1, 0.15) is 73.1 Å². The molecule has 1 saturated carbocycles. The van der Waals surface area contributed by atoms with Crippen molar-refractivity contribution in [1.82, 2.24) is 5.32 Å². The van der Waals surface area contributed by atoms with Gasteiger partial charge in [-0.05, 0) is 46.0 Å². The van der Waals surface area contributed by atoms with Crippen LogP contribution in [0.25, 0.3) is 0 Å². The molecule has 19 heavy (non-hydrogen) atoms. The summed E-state index contributed by atoms with van der Waals surface area (Å²) in [6.07, 6.45) is 7.50. The van der Waals surface area contributed by atoms with Crippen LogP contribution in [0.4, 0.5) is 4.79 Å². The maximum absolute atomic E-state index is 11.7. The summed E-state index contributed by atoms with van der Waals surface area (Å²) < 4.78 is 5.30. The van der Waals surface area contributed by atoms with Crippen molar-refractivity contribution in [3.05, 3.63) is 0 Å². The van der Waals surface area contributed by atoms with Gasteiger partial charge in [0.1, 0.15) is 5.60 Å². The SMILES string of the molecule is CC(CC1CCCCCC1C)NC(=O)OC(C)(C)C. The van der Waals surface area contributed by atoms with Crippen molar-refractivity contribution < 1.29 is 9.53 Å². The monoisotopic (exact) mass is 269 g/mol. The van der Waals surface area contributed by atoms with Gasteiger partial charge < -0.3 is 10.1 Å². The van der Waals surface area contributed by atoms with E-state index >= 15 is 0 Å². The van der Waals surface area contributed by atoms with Crippen molar-refractivity contribution in [2.45, 2.75) is 84.8 Å². The molecule has 3 heteroatoms. The number of rotatable bonds is 3. The summed E-state index contributed by atoms with van der Waals surface area (Å²) in [5, 5.41) is 2.96. The summed E-state index contributed by atoms with van der Waals surface area (Å²) in [6, 6.07) is 0.195. The molecule has 1 rings (SSSR count). The molecule has 1 N–H and O–H groups in total. The predicted octanol–water partition coefficient (Wildman–Crippen LogP) is 4.51. The van der Waals surface area contributed by atoms with E-state index in [1.54, 1.807) is 0 Å². The van der Waals surface area contributed by atoms with Crippen LogP contribution in [-0.4, -0.2) is 17.7 Å². The molecule has 0 radical (unpaired) electrons. The maximum atomic E-state index is 11.7. The highest BCUT2D eigenvalue weighted by atomic mass is 16.6. The predicted molar refractivity (Wildman–Crippen MR) is 79.2 cm³/mol. The van der Waals surface area contributed by atoms with Gasteiger partial charge in [0.25, 0.3) is 0 Å². The molecule has 0 saturated heterocycles. The van der Waals surface area contributed by atoms with Crippen LogP contribution in [-0.2, 0) is 4.74 Å². The average Bonchev–Trinajstić information content (AvgIpc) is 2.41. The van der Waals surface area contributed by atoms with Gasteiger partial charge in [-0.1, -0.05) is 39.0 Å². The molecule has 1 aliphatic carbocycles. The summed E-state index contributed by atoms with van der Waals surface area (Å²) in [5.74, 6) is 1.53. The van der Waals surface area contributed by atoms with Gasteiger partial charge in [0, 0.05) is 6.04 Å². The largest absolute Gasteiger partial charge is 0.444 e. The lowest BCUT2D eigenvalue weighted by Gasteiger charge is -2.26. The standard InChI is InChI=1S/C16H31NO2/c1-12-9-7-6-8-10-14(12)11-13(2)17-15(18)19-16(3,4)5/h12-14H,6-11H2,1-5H3,(H,17,18). The highest BCUT2D eigenvalue weighted by Gasteiger charge is 2.23. The normalized spacial score (nSPS) is 26.4. The minimum atomic E-state index is -0.417.